The van der Waals surface area contributed by atoms with E-state index in [1.165, 1.54) is 44.9 Å². The van der Waals surface area contributed by atoms with E-state index in [1.54, 1.807) is 13.8 Å². The Balaban J connectivity index is 2.35. The molecule has 0 aromatic rings. The molecule has 0 saturated carbocycles. The molecule has 0 saturated heterocycles. The number of unbranched alkanes of at least 4 members (excludes halogenated alkanes) is 7. The standard InChI is InChI=1S/C18H37N2O4P/c1-5-8-9-10-11-12-13-14-15-20-17-16-19(4)18(20)24-25(21,22-6-2)23-7-3/h16-18H,5-15H2,1-4H3. The first-order valence-corrected chi connectivity index (χ1v) is 11.3. The molecule has 7 heteroatoms. The van der Waals surface area contributed by atoms with E-state index in [4.69, 9.17) is 13.6 Å². The molecule has 0 aromatic carbocycles. The summed E-state index contributed by atoms with van der Waals surface area (Å²) in [6.07, 6.45) is 13.7. The van der Waals surface area contributed by atoms with Crippen molar-refractivity contribution in [2.45, 2.75) is 78.5 Å². The third-order valence-corrected chi connectivity index (χ3v) is 5.79. The van der Waals surface area contributed by atoms with Crippen molar-refractivity contribution in [2.75, 3.05) is 26.8 Å². The van der Waals surface area contributed by atoms with Crippen LogP contribution in [0.5, 0.6) is 0 Å². The molecule has 1 heterocycles. The SMILES string of the molecule is CCCCCCCCCCN1C=CN(C)C1OP(=O)(OCC)OCC. The van der Waals surface area contributed by atoms with E-state index in [0.29, 0.717) is 13.2 Å². The van der Waals surface area contributed by atoms with Crippen molar-refractivity contribution in [2.24, 2.45) is 0 Å². The molecular weight excluding hydrogens is 339 g/mol. The molecule has 0 aliphatic carbocycles. The smallest absolute Gasteiger partial charge is 0.337 e. The summed E-state index contributed by atoms with van der Waals surface area (Å²) in [6, 6.07) is 0. The zero-order valence-corrected chi connectivity index (χ0v) is 17.4. The van der Waals surface area contributed by atoms with Crippen LogP contribution in [0.1, 0.15) is 72.1 Å². The van der Waals surface area contributed by atoms with Gasteiger partial charge >= 0.3 is 7.82 Å². The van der Waals surface area contributed by atoms with E-state index in [2.05, 4.69) is 11.8 Å². The van der Waals surface area contributed by atoms with Gasteiger partial charge in [-0.15, -0.1) is 0 Å². The summed E-state index contributed by atoms with van der Waals surface area (Å²) in [6.45, 7) is 7.26. The van der Waals surface area contributed by atoms with E-state index in [-0.39, 0.29) is 0 Å². The van der Waals surface area contributed by atoms with Crippen LogP contribution >= 0.6 is 7.82 Å². The maximum Gasteiger partial charge on any atom is 0.478 e. The van der Waals surface area contributed by atoms with Gasteiger partial charge in [0.2, 0.25) is 6.35 Å². The molecule has 6 nitrogen and oxygen atoms in total. The van der Waals surface area contributed by atoms with Gasteiger partial charge in [-0.2, -0.15) is 0 Å². The summed E-state index contributed by atoms with van der Waals surface area (Å²) in [7, 11) is -1.63. The van der Waals surface area contributed by atoms with Crippen molar-refractivity contribution in [3.8, 4) is 0 Å². The number of rotatable bonds is 15. The fourth-order valence-corrected chi connectivity index (χ4v) is 4.18. The van der Waals surface area contributed by atoms with Gasteiger partial charge in [0.1, 0.15) is 0 Å². The third-order valence-electron chi connectivity index (χ3n) is 4.19. The lowest BCUT2D eigenvalue weighted by molar-refractivity contribution is -0.0448. The molecule has 0 radical (unpaired) electrons. The second kappa shape index (κ2) is 12.7. The third kappa shape index (κ3) is 8.59. The van der Waals surface area contributed by atoms with Gasteiger partial charge in [0.15, 0.2) is 0 Å². The molecule has 25 heavy (non-hydrogen) atoms. The van der Waals surface area contributed by atoms with Crippen molar-refractivity contribution >= 4 is 7.82 Å². The summed E-state index contributed by atoms with van der Waals surface area (Å²) >= 11 is 0. The van der Waals surface area contributed by atoms with Gasteiger partial charge in [0, 0.05) is 26.0 Å². The highest BCUT2D eigenvalue weighted by molar-refractivity contribution is 7.48. The van der Waals surface area contributed by atoms with E-state index >= 15 is 0 Å². The van der Waals surface area contributed by atoms with Crippen molar-refractivity contribution < 1.29 is 18.1 Å². The van der Waals surface area contributed by atoms with E-state index in [9.17, 15) is 4.57 Å². The molecule has 0 bridgehead atoms. The number of phosphoric acid groups is 1. The topological polar surface area (TPSA) is 51.2 Å². The van der Waals surface area contributed by atoms with Crippen LogP contribution in [0.3, 0.4) is 0 Å². The predicted molar refractivity (Wildman–Crippen MR) is 102 cm³/mol. The Morgan fingerprint density at radius 1 is 0.880 bits per heavy atom. The van der Waals surface area contributed by atoms with Gasteiger partial charge < -0.3 is 9.80 Å². The van der Waals surface area contributed by atoms with Gasteiger partial charge in [-0.3, -0.25) is 9.05 Å². The number of hydrogen-bond donors (Lipinski definition) is 0. The lowest BCUT2D eigenvalue weighted by Crippen LogP contribution is -2.39. The zero-order chi connectivity index (χ0) is 18.5. The molecule has 1 rings (SSSR count). The summed E-state index contributed by atoms with van der Waals surface area (Å²) in [4.78, 5) is 3.94. The lowest BCUT2D eigenvalue weighted by atomic mass is 10.1. The highest BCUT2D eigenvalue weighted by Gasteiger charge is 2.35. The second-order valence-corrected chi connectivity index (χ2v) is 8.01. The first kappa shape index (κ1) is 22.5. The van der Waals surface area contributed by atoms with Gasteiger partial charge in [-0.25, -0.2) is 9.09 Å². The van der Waals surface area contributed by atoms with Crippen LogP contribution in [0.2, 0.25) is 0 Å². The Morgan fingerprint density at radius 3 is 2.00 bits per heavy atom. The molecule has 0 N–H and O–H groups in total. The highest BCUT2D eigenvalue weighted by Crippen LogP contribution is 2.51. The molecule has 0 fully saturated rings. The number of nitrogens with zero attached hydrogens (tertiary/aromatic N) is 2. The van der Waals surface area contributed by atoms with Crippen LogP contribution in [0.15, 0.2) is 12.4 Å². The summed E-state index contributed by atoms with van der Waals surface area (Å²) in [5, 5.41) is 0. The Bertz CT molecular complexity index is 410. The van der Waals surface area contributed by atoms with Crippen LogP contribution in [0.4, 0.5) is 0 Å². The maximum atomic E-state index is 12.6. The highest BCUT2D eigenvalue weighted by atomic mass is 31.2. The van der Waals surface area contributed by atoms with Crippen LogP contribution in [0.25, 0.3) is 0 Å². The van der Waals surface area contributed by atoms with Crippen LogP contribution in [-0.4, -0.2) is 43.0 Å². The van der Waals surface area contributed by atoms with Crippen LogP contribution in [0, 0.1) is 0 Å². The fraction of sp³-hybridized carbons (Fsp3) is 0.889. The van der Waals surface area contributed by atoms with Gasteiger partial charge in [-0.1, -0.05) is 51.9 Å². The predicted octanol–water partition coefficient (Wildman–Crippen LogP) is 5.33. The molecule has 0 spiro atoms. The zero-order valence-electron chi connectivity index (χ0n) is 16.5. The first-order valence-electron chi connectivity index (χ1n) is 9.79. The summed E-state index contributed by atoms with van der Waals surface area (Å²) < 4.78 is 28.8. The molecule has 148 valence electrons. The average Bonchev–Trinajstić information content (AvgIpc) is 2.90. The van der Waals surface area contributed by atoms with Crippen LogP contribution < -0.4 is 0 Å². The van der Waals surface area contributed by atoms with E-state index in [0.717, 1.165) is 13.0 Å². The van der Waals surface area contributed by atoms with E-state index < -0.39 is 14.2 Å². The quantitative estimate of drug-likeness (QED) is 0.284. The summed E-state index contributed by atoms with van der Waals surface area (Å²) in [5.74, 6) is 0. The van der Waals surface area contributed by atoms with Crippen molar-refractivity contribution in [1.82, 2.24) is 9.80 Å². The van der Waals surface area contributed by atoms with Gasteiger partial charge in [-0.05, 0) is 20.3 Å². The Morgan fingerprint density at radius 2 is 1.44 bits per heavy atom. The minimum atomic E-state index is -3.53. The molecule has 1 atom stereocenters. The molecule has 1 unspecified atom stereocenters. The molecule has 0 amide bonds. The Kier molecular flexibility index (Phi) is 11.5. The van der Waals surface area contributed by atoms with Crippen LogP contribution in [-0.2, 0) is 18.1 Å². The largest absolute Gasteiger partial charge is 0.478 e. The average molecular weight is 376 g/mol. The molecular formula is C18H37N2O4P. The lowest BCUT2D eigenvalue weighted by Gasteiger charge is -2.32. The van der Waals surface area contributed by atoms with Crippen molar-refractivity contribution in [3.63, 3.8) is 0 Å². The number of phosphoric ester groups is 1. The Labute approximate surface area is 154 Å². The number of hydrogen-bond acceptors (Lipinski definition) is 6. The second-order valence-electron chi connectivity index (χ2n) is 6.39. The van der Waals surface area contributed by atoms with E-state index in [1.807, 2.05) is 24.3 Å². The van der Waals surface area contributed by atoms with Gasteiger partial charge in [0.25, 0.3) is 0 Å². The maximum absolute atomic E-state index is 12.6. The normalized spacial score (nSPS) is 17.7. The van der Waals surface area contributed by atoms with Crippen molar-refractivity contribution in [3.05, 3.63) is 12.4 Å². The monoisotopic (exact) mass is 376 g/mol. The summed E-state index contributed by atoms with van der Waals surface area (Å²) in [5.41, 5.74) is 0. The fourth-order valence-electron chi connectivity index (χ4n) is 2.85. The van der Waals surface area contributed by atoms with Crippen molar-refractivity contribution in [1.29, 1.82) is 0 Å². The first-order chi connectivity index (χ1) is 12.1. The van der Waals surface area contributed by atoms with Gasteiger partial charge in [0.05, 0.1) is 13.2 Å². The Hall–Kier alpha value is -0.550. The minimum Gasteiger partial charge on any atom is -0.337 e. The molecule has 0 aromatic heterocycles. The minimum absolute atomic E-state index is 0.291. The molecule has 1 aliphatic heterocycles. The molecule has 1 aliphatic rings.